The summed E-state index contributed by atoms with van der Waals surface area (Å²) < 4.78 is 2.07. The summed E-state index contributed by atoms with van der Waals surface area (Å²) in [6, 6.07) is 0.207. The lowest BCUT2D eigenvalue weighted by atomic mass is 9.96. The predicted molar refractivity (Wildman–Crippen MR) is 90.9 cm³/mol. The lowest BCUT2D eigenvalue weighted by molar-refractivity contribution is -0.133. The number of amides is 1. The summed E-state index contributed by atoms with van der Waals surface area (Å²) in [6.07, 6.45) is 11.5. The van der Waals surface area contributed by atoms with E-state index in [1.807, 2.05) is 24.3 Å². The molecule has 5 heteroatoms. The SMILES string of the molecule is CCN1CCN(C(=O)CC2=CCCCC2)C[C@@H]1c1nccn1C. The summed E-state index contributed by atoms with van der Waals surface area (Å²) >= 11 is 0. The fourth-order valence-corrected chi connectivity index (χ4v) is 3.74. The number of hydrogen-bond donors (Lipinski definition) is 0. The van der Waals surface area contributed by atoms with Gasteiger partial charge >= 0.3 is 0 Å². The van der Waals surface area contributed by atoms with Crippen LogP contribution in [0.25, 0.3) is 0 Å². The van der Waals surface area contributed by atoms with E-state index >= 15 is 0 Å². The van der Waals surface area contributed by atoms with Gasteiger partial charge < -0.3 is 9.47 Å². The Labute approximate surface area is 139 Å². The summed E-state index contributed by atoms with van der Waals surface area (Å²) in [5.41, 5.74) is 1.34. The molecule has 0 radical (unpaired) electrons. The lowest BCUT2D eigenvalue weighted by Crippen LogP contribution is -2.51. The Morgan fingerprint density at radius 1 is 1.35 bits per heavy atom. The molecule has 3 rings (SSSR count). The first-order valence-electron chi connectivity index (χ1n) is 8.86. The maximum atomic E-state index is 12.7. The van der Waals surface area contributed by atoms with Crippen molar-refractivity contribution in [1.29, 1.82) is 0 Å². The molecular weight excluding hydrogens is 288 g/mol. The zero-order chi connectivity index (χ0) is 16.2. The number of aryl methyl sites for hydroxylation is 1. The van der Waals surface area contributed by atoms with Gasteiger partial charge in [-0.1, -0.05) is 18.6 Å². The maximum Gasteiger partial charge on any atom is 0.226 e. The summed E-state index contributed by atoms with van der Waals surface area (Å²) in [7, 11) is 2.03. The van der Waals surface area contributed by atoms with Crippen molar-refractivity contribution < 1.29 is 4.79 Å². The van der Waals surface area contributed by atoms with Crippen LogP contribution in [0, 0.1) is 0 Å². The number of nitrogens with zero attached hydrogens (tertiary/aromatic N) is 4. The molecular formula is C18H28N4O. The van der Waals surface area contributed by atoms with Crippen molar-refractivity contribution in [2.24, 2.45) is 7.05 Å². The molecule has 0 spiro atoms. The maximum absolute atomic E-state index is 12.7. The van der Waals surface area contributed by atoms with E-state index < -0.39 is 0 Å². The van der Waals surface area contributed by atoms with Gasteiger partial charge in [0.05, 0.1) is 6.04 Å². The molecule has 0 saturated carbocycles. The van der Waals surface area contributed by atoms with Crippen LogP contribution in [0.2, 0.25) is 0 Å². The molecule has 126 valence electrons. The molecule has 0 aromatic carbocycles. The van der Waals surface area contributed by atoms with Gasteiger partial charge in [0.2, 0.25) is 5.91 Å². The molecule has 1 atom stereocenters. The van der Waals surface area contributed by atoms with Crippen LogP contribution in [0.1, 0.15) is 50.9 Å². The van der Waals surface area contributed by atoms with Crippen LogP contribution in [0.3, 0.4) is 0 Å². The third-order valence-corrected chi connectivity index (χ3v) is 5.17. The number of aromatic nitrogens is 2. The number of rotatable bonds is 4. The first-order chi connectivity index (χ1) is 11.2. The highest BCUT2D eigenvalue weighted by atomic mass is 16.2. The van der Waals surface area contributed by atoms with E-state index in [0.29, 0.717) is 6.42 Å². The van der Waals surface area contributed by atoms with Gasteiger partial charge in [0.1, 0.15) is 5.82 Å². The second kappa shape index (κ2) is 7.30. The van der Waals surface area contributed by atoms with Gasteiger partial charge in [0.25, 0.3) is 0 Å². The van der Waals surface area contributed by atoms with Gasteiger partial charge in [-0.2, -0.15) is 0 Å². The van der Waals surface area contributed by atoms with Crippen LogP contribution < -0.4 is 0 Å². The normalized spacial score (nSPS) is 23.0. The number of carbonyl (C=O) groups is 1. The van der Waals surface area contributed by atoms with E-state index in [-0.39, 0.29) is 11.9 Å². The average Bonchev–Trinajstić information content (AvgIpc) is 3.01. The minimum Gasteiger partial charge on any atom is -0.339 e. The van der Waals surface area contributed by atoms with Gasteiger partial charge in [-0.3, -0.25) is 9.69 Å². The number of imidazole rings is 1. The van der Waals surface area contributed by atoms with Gasteiger partial charge in [-0.15, -0.1) is 0 Å². The molecule has 1 aliphatic carbocycles. The van der Waals surface area contributed by atoms with Crippen molar-refractivity contribution in [3.05, 3.63) is 29.9 Å². The van der Waals surface area contributed by atoms with Crippen molar-refractivity contribution in [1.82, 2.24) is 19.4 Å². The van der Waals surface area contributed by atoms with Crippen molar-refractivity contribution >= 4 is 5.91 Å². The molecule has 23 heavy (non-hydrogen) atoms. The first kappa shape index (κ1) is 16.2. The molecule has 1 aliphatic heterocycles. The summed E-state index contributed by atoms with van der Waals surface area (Å²) in [5, 5.41) is 0. The fraction of sp³-hybridized carbons (Fsp3) is 0.667. The van der Waals surface area contributed by atoms with Crippen molar-refractivity contribution in [2.75, 3.05) is 26.2 Å². The van der Waals surface area contributed by atoms with Crippen molar-refractivity contribution in [3.63, 3.8) is 0 Å². The number of carbonyl (C=O) groups excluding carboxylic acids is 1. The molecule has 1 saturated heterocycles. The average molecular weight is 316 g/mol. The molecule has 5 nitrogen and oxygen atoms in total. The quantitative estimate of drug-likeness (QED) is 0.802. The summed E-state index contributed by atoms with van der Waals surface area (Å²) in [4.78, 5) is 21.7. The highest BCUT2D eigenvalue weighted by Crippen LogP contribution is 2.26. The lowest BCUT2D eigenvalue weighted by Gasteiger charge is -2.40. The van der Waals surface area contributed by atoms with E-state index in [2.05, 4.69) is 27.5 Å². The van der Waals surface area contributed by atoms with E-state index in [9.17, 15) is 4.79 Å². The Kier molecular flexibility index (Phi) is 5.16. The molecule has 1 aromatic rings. The zero-order valence-corrected chi connectivity index (χ0v) is 14.4. The molecule has 0 unspecified atom stereocenters. The Balaban J connectivity index is 1.68. The predicted octanol–water partition coefficient (Wildman–Crippen LogP) is 2.52. The fourth-order valence-electron chi connectivity index (χ4n) is 3.74. The summed E-state index contributed by atoms with van der Waals surface area (Å²) in [6.45, 7) is 5.69. The van der Waals surface area contributed by atoms with Gasteiger partial charge in [0.15, 0.2) is 0 Å². The number of hydrogen-bond acceptors (Lipinski definition) is 3. The Morgan fingerprint density at radius 3 is 2.87 bits per heavy atom. The second-order valence-corrected chi connectivity index (χ2v) is 6.67. The third kappa shape index (κ3) is 3.66. The minimum atomic E-state index is 0.207. The van der Waals surface area contributed by atoms with E-state index in [0.717, 1.165) is 44.8 Å². The Morgan fingerprint density at radius 2 is 2.22 bits per heavy atom. The van der Waals surface area contributed by atoms with Crippen LogP contribution in [0.15, 0.2) is 24.0 Å². The number of likely N-dealkylation sites (N-methyl/N-ethyl adjacent to an activating group) is 1. The molecule has 2 aliphatic rings. The molecule has 1 aromatic heterocycles. The molecule has 1 fully saturated rings. The monoisotopic (exact) mass is 316 g/mol. The largest absolute Gasteiger partial charge is 0.339 e. The van der Waals surface area contributed by atoms with Crippen LogP contribution in [0.4, 0.5) is 0 Å². The highest BCUT2D eigenvalue weighted by Gasteiger charge is 2.32. The summed E-state index contributed by atoms with van der Waals surface area (Å²) in [5.74, 6) is 1.34. The highest BCUT2D eigenvalue weighted by molar-refractivity contribution is 5.79. The Hall–Kier alpha value is -1.62. The van der Waals surface area contributed by atoms with Gasteiger partial charge in [0, 0.05) is 45.5 Å². The zero-order valence-electron chi connectivity index (χ0n) is 14.4. The van der Waals surface area contributed by atoms with Crippen LogP contribution in [-0.4, -0.2) is 51.4 Å². The van der Waals surface area contributed by atoms with Crippen LogP contribution in [0.5, 0.6) is 0 Å². The van der Waals surface area contributed by atoms with Crippen molar-refractivity contribution in [3.8, 4) is 0 Å². The van der Waals surface area contributed by atoms with E-state index in [1.165, 1.54) is 18.4 Å². The number of piperazine rings is 1. The van der Waals surface area contributed by atoms with Crippen LogP contribution in [-0.2, 0) is 11.8 Å². The minimum absolute atomic E-state index is 0.207. The second-order valence-electron chi connectivity index (χ2n) is 6.67. The third-order valence-electron chi connectivity index (χ3n) is 5.17. The molecule has 0 N–H and O–H groups in total. The number of allylic oxidation sites excluding steroid dienone is 1. The topological polar surface area (TPSA) is 41.4 Å². The van der Waals surface area contributed by atoms with E-state index in [1.54, 1.807) is 0 Å². The molecule has 2 heterocycles. The smallest absolute Gasteiger partial charge is 0.226 e. The molecule has 1 amide bonds. The first-order valence-corrected chi connectivity index (χ1v) is 8.86. The van der Waals surface area contributed by atoms with Gasteiger partial charge in [-0.05, 0) is 32.2 Å². The molecule has 0 bridgehead atoms. The van der Waals surface area contributed by atoms with Crippen LogP contribution >= 0.6 is 0 Å². The Bertz CT molecular complexity index is 577. The van der Waals surface area contributed by atoms with Crippen molar-refractivity contribution in [2.45, 2.75) is 45.1 Å². The van der Waals surface area contributed by atoms with E-state index in [4.69, 9.17) is 0 Å². The van der Waals surface area contributed by atoms with Gasteiger partial charge in [-0.25, -0.2) is 4.98 Å². The standard InChI is InChI=1S/C18H28N4O/c1-3-21-11-12-22(14-16(21)18-19-9-10-20(18)2)17(23)13-15-7-5-4-6-8-15/h7,9-10,16H,3-6,8,11-14H2,1-2H3/t16-/m1/s1.